The average molecular weight is 352 g/mol. The Morgan fingerprint density at radius 1 is 1.38 bits per heavy atom. The molecule has 0 bridgehead atoms. The molecule has 0 aliphatic carbocycles. The summed E-state index contributed by atoms with van der Waals surface area (Å²) in [5, 5.41) is 7.89. The van der Waals surface area contributed by atoms with Crippen molar-refractivity contribution in [3.8, 4) is 0 Å². The molecule has 7 nitrogen and oxygen atoms in total. The molecule has 1 aliphatic heterocycles. The van der Waals surface area contributed by atoms with Crippen LogP contribution in [0.25, 0.3) is 0 Å². The van der Waals surface area contributed by atoms with Crippen LogP contribution < -0.4 is 10.6 Å². The number of hydrogen-bond acceptors (Lipinski definition) is 5. The fourth-order valence-corrected chi connectivity index (χ4v) is 3.23. The van der Waals surface area contributed by atoms with Crippen molar-refractivity contribution in [1.82, 2.24) is 15.2 Å². The molecule has 2 rings (SSSR count). The Balaban J connectivity index is 1.81. The lowest BCUT2D eigenvalue weighted by Crippen LogP contribution is -2.40. The van der Waals surface area contributed by atoms with Crippen LogP contribution in [0.1, 0.15) is 53.2 Å². The summed E-state index contributed by atoms with van der Waals surface area (Å²) in [5.74, 6) is -0.432. The van der Waals surface area contributed by atoms with Gasteiger partial charge in [-0.1, -0.05) is 20.8 Å². The first-order chi connectivity index (χ1) is 11.0. The van der Waals surface area contributed by atoms with E-state index in [2.05, 4.69) is 36.4 Å². The molecule has 0 spiro atoms. The summed E-state index contributed by atoms with van der Waals surface area (Å²) >= 11 is 1.39. The Bertz CT molecular complexity index is 661. The quantitative estimate of drug-likeness (QED) is 0.797. The van der Waals surface area contributed by atoms with E-state index in [-0.39, 0.29) is 30.2 Å². The lowest BCUT2D eigenvalue weighted by Gasteiger charge is -2.15. The highest BCUT2D eigenvalue weighted by atomic mass is 32.1. The number of rotatable bonds is 5. The molecule has 2 heterocycles. The number of aromatic nitrogens is 1. The summed E-state index contributed by atoms with van der Waals surface area (Å²) in [5.41, 5.74) is 0.00339. The van der Waals surface area contributed by atoms with Gasteiger partial charge in [0.2, 0.25) is 5.91 Å². The number of anilines is 1. The highest BCUT2D eigenvalue weighted by molar-refractivity contribution is 7.13. The maximum absolute atomic E-state index is 12.0. The Morgan fingerprint density at radius 2 is 2.04 bits per heavy atom. The SMILES string of the molecule is CC1(C)NC(=O)N(CCCC(=O)Nc2nc(C(C)(C)C)cs2)C1=O. The molecule has 132 valence electrons. The van der Waals surface area contributed by atoms with Crippen LogP contribution in [0, 0.1) is 0 Å². The van der Waals surface area contributed by atoms with Gasteiger partial charge < -0.3 is 10.6 Å². The van der Waals surface area contributed by atoms with Crippen molar-refractivity contribution in [3.05, 3.63) is 11.1 Å². The van der Waals surface area contributed by atoms with E-state index in [0.717, 1.165) is 10.6 Å². The number of amides is 4. The van der Waals surface area contributed by atoms with Gasteiger partial charge in [0.15, 0.2) is 5.13 Å². The third-order valence-electron chi connectivity index (χ3n) is 3.75. The maximum atomic E-state index is 12.0. The van der Waals surface area contributed by atoms with Gasteiger partial charge in [0.25, 0.3) is 5.91 Å². The first kappa shape index (κ1) is 18.4. The van der Waals surface area contributed by atoms with Gasteiger partial charge in [-0.05, 0) is 20.3 Å². The number of carbonyl (C=O) groups is 3. The lowest BCUT2D eigenvalue weighted by atomic mass is 9.93. The van der Waals surface area contributed by atoms with Crippen molar-refractivity contribution in [2.75, 3.05) is 11.9 Å². The Morgan fingerprint density at radius 3 is 2.54 bits per heavy atom. The first-order valence-electron chi connectivity index (χ1n) is 7.91. The Kier molecular flexibility index (Phi) is 4.98. The number of carbonyl (C=O) groups excluding carboxylic acids is 3. The summed E-state index contributed by atoms with van der Waals surface area (Å²) in [7, 11) is 0. The number of hydrogen-bond donors (Lipinski definition) is 2. The topological polar surface area (TPSA) is 91.4 Å². The van der Waals surface area contributed by atoms with Crippen LogP contribution in [0.4, 0.5) is 9.93 Å². The average Bonchev–Trinajstić information content (AvgIpc) is 2.96. The van der Waals surface area contributed by atoms with Crippen molar-refractivity contribution in [2.45, 2.75) is 58.4 Å². The third kappa shape index (κ3) is 4.11. The zero-order valence-corrected chi connectivity index (χ0v) is 15.5. The summed E-state index contributed by atoms with van der Waals surface area (Å²) in [4.78, 5) is 41.3. The van der Waals surface area contributed by atoms with E-state index in [1.54, 1.807) is 13.8 Å². The van der Waals surface area contributed by atoms with Crippen molar-refractivity contribution < 1.29 is 14.4 Å². The normalized spacial score (nSPS) is 17.1. The van der Waals surface area contributed by atoms with Gasteiger partial charge in [-0.3, -0.25) is 14.5 Å². The maximum Gasteiger partial charge on any atom is 0.325 e. The van der Waals surface area contributed by atoms with Crippen LogP contribution in [-0.2, 0) is 15.0 Å². The minimum Gasteiger partial charge on any atom is -0.324 e. The molecule has 1 aliphatic rings. The molecule has 2 N–H and O–H groups in total. The molecule has 0 aromatic carbocycles. The van der Waals surface area contributed by atoms with Crippen LogP contribution in [0.15, 0.2) is 5.38 Å². The molecule has 8 heteroatoms. The standard InChI is InChI=1S/C16H24N4O3S/c1-15(2,3)10-9-24-13(17-10)18-11(21)7-6-8-20-12(22)16(4,5)19-14(20)23/h9H,6-8H2,1-5H3,(H,19,23)(H,17,18,21). The monoisotopic (exact) mass is 352 g/mol. The van der Waals surface area contributed by atoms with Crippen molar-refractivity contribution in [2.24, 2.45) is 0 Å². The molecule has 1 aromatic heterocycles. The molecular weight excluding hydrogens is 328 g/mol. The van der Waals surface area contributed by atoms with Crippen LogP contribution >= 0.6 is 11.3 Å². The van der Waals surface area contributed by atoms with E-state index in [1.807, 2.05) is 5.38 Å². The second-order valence-corrected chi connectivity index (χ2v) is 8.31. The molecule has 0 atom stereocenters. The van der Waals surface area contributed by atoms with Gasteiger partial charge in [0, 0.05) is 23.8 Å². The summed E-state index contributed by atoms with van der Waals surface area (Å²) in [6, 6.07) is -0.403. The molecule has 1 fully saturated rings. The second kappa shape index (κ2) is 6.51. The van der Waals surface area contributed by atoms with E-state index in [4.69, 9.17) is 0 Å². The van der Waals surface area contributed by atoms with Crippen molar-refractivity contribution in [3.63, 3.8) is 0 Å². The number of nitrogens with one attached hydrogen (secondary N) is 2. The molecule has 0 unspecified atom stereocenters. The predicted octanol–water partition coefficient (Wildman–Crippen LogP) is 2.49. The van der Waals surface area contributed by atoms with Crippen LogP contribution in [0.5, 0.6) is 0 Å². The fourth-order valence-electron chi connectivity index (χ4n) is 2.28. The minimum absolute atomic E-state index is 0.0598. The summed E-state index contributed by atoms with van der Waals surface area (Å²) in [6.07, 6.45) is 0.639. The van der Waals surface area contributed by atoms with Gasteiger partial charge in [-0.2, -0.15) is 0 Å². The largest absolute Gasteiger partial charge is 0.325 e. The zero-order valence-electron chi connectivity index (χ0n) is 14.7. The van der Waals surface area contributed by atoms with Crippen LogP contribution in [0.3, 0.4) is 0 Å². The van der Waals surface area contributed by atoms with E-state index in [9.17, 15) is 14.4 Å². The zero-order chi connectivity index (χ0) is 18.1. The fraction of sp³-hybridized carbons (Fsp3) is 0.625. The van der Waals surface area contributed by atoms with Gasteiger partial charge in [0.1, 0.15) is 5.54 Å². The summed E-state index contributed by atoms with van der Waals surface area (Å²) < 4.78 is 0. The molecular formula is C16H24N4O3S. The summed E-state index contributed by atoms with van der Waals surface area (Å²) in [6.45, 7) is 9.74. The predicted molar refractivity (Wildman–Crippen MR) is 93.0 cm³/mol. The second-order valence-electron chi connectivity index (χ2n) is 7.45. The van der Waals surface area contributed by atoms with Crippen molar-refractivity contribution in [1.29, 1.82) is 0 Å². The number of nitrogens with zero attached hydrogens (tertiary/aromatic N) is 2. The molecule has 4 amide bonds. The van der Waals surface area contributed by atoms with E-state index < -0.39 is 11.6 Å². The Labute approximate surface area is 145 Å². The number of imide groups is 1. The molecule has 0 saturated carbocycles. The van der Waals surface area contributed by atoms with E-state index >= 15 is 0 Å². The molecule has 1 aromatic rings. The van der Waals surface area contributed by atoms with E-state index in [1.165, 1.54) is 11.3 Å². The molecule has 24 heavy (non-hydrogen) atoms. The van der Waals surface area contributed by atoms with Gasteiger partial charge in [0.05, 0.1) is 5.69 Å². The van der Waals surface area contributed by atoms with Crippen molar-refractivity contribution >= 4 is 34.3 Å². The molecule has 0 radical (unpaired) electrons. The lowest BCUT2D eigenvalue weighted by molar-refractivity contribution is -0.130. The van der Waals surface area contributed by atoms with Crippen LogP contribution in [-0.4, -0.2) is 39.8 Å². The minimum atomic E-state index is -0.871. The van der Waals surface area contributed by atoms with Crippen LogP contribution in [0.2, 0.25) is 0 Å². The molecule has 1 saturated heterocycles. The number of thiazole rings is 1. The smallest absolute Gasteiger partial charge is 0.324 e. The highest BCUT2D eigenvalue weighted by Gasteiger charge is 2.43. The van der Waals surface area contributed by atoms with E-state index in [0.29, 0.717) is 11.6 Å². The van der Waals surface area contributed by atoms with Gasteiger partial charge in [-0.15, -0.1) is 11.3 Å². The number of urea groups is 1. The third-order valence-corrected chi connectivity index (χ3v) is 4.51. The first-order valence-corrected chi connectivity index (χ1v) is 8.78. The van der Waals surface area contributed by atoms with Gasteiger partial charge in [-0.25, -0.2) is 9.78 Å². The van der Waals surface area contributed by atoms with Gasteiger partial charge >= 0.3 is 6.03 Å². The Hall–Kier alpha value is -1.96. The highest BCUT2D eigenvalue weighted by Crippen LogP contribution is 2.26.